The maximum atomic E-state index is 10.2. The van der Waals surface area contributed by atoms with E-state index in [0.29, 0.717) is 18.8 Å². The molecule has 2 N–H and O–H groups in total. The minimum Gasteiger partial charge on any atom is -0.508 e. The van der Waals surface area contributed by atoms with Crippen LogP contribution in [-0.4, -0.2) is 34.8 Å². The first-order valence-electron chi connectivity index (χ1n) is 8.38. The van der Waals surface area contributed by atoms with Crippen LogP contribution >= 0.6 is 32.9 Å². The molecule has 132 valence electrons. The summed E-state index contributed by atoms with van der Waals surface area (Å²) < 4.78 is 0.994. The molecule has 0 atom stereocenters. The van der Waals surface area contributed by atoms with Crippen LogP contribution in [-0.2, 0) is 13.0 Å². The van der Waals surface area contributed by atoms with E-state index in [1.54, 1.807) is 26.7 Å². The Morgan fingerprint density at radius 1 is 1.21 bits per heavy atom. The minimum atomic E-state index is 0.126. The van der Waals surface area contributed by atoms with E-state index >= 15 is 0 Å². The second kappa shape index (κ2) is 9.63. The van der Waals surface area contributed by atoms with Gasteiger partial charge in [0.05, 0.1) is 11.5 Å². The standard InChI is InChI=1S/C18H25NO2S3/c1-3-5-6-15-17(23-24-18(15)22)13-7-8-16(21)14(11-13)12-19(4-2)9-10-20/h7-8,11,20-21H,3-6,9-10,12H2,1-2H3. The molecular weight excluding hydrogens is 358 g/mol. The Morgan fingerprint density at radius 3 is 2.67 bits per heavy atom. The third-order valence-corrected chi connectivity index (χ3v) is 7.29. The van der Waals surface area contributed by atoms with Gasteiger partial charge in [0.15, 0.2) is 0 Å². The summed E-state index contributed by atoms with van der Waals surface area (Å²) in [6.07, 6.45) is 3.32. The van der Waals surface area contributed by atoms with Crippen molar-refractivity contribution in [1.82, 2.24) is 4.90 Å². The molecule has 0 bridgehead atoms. The average molecular weight is 384 g/mol. The summed E-state index contributed by atoms with van der Waals surface area (Å²) >= 11 is 5.51. The molecule has 0 saturated heterocycles. The van der Waals surface area contributed by atoms with Crippen molar-refractivity contribution in [2.24, 2.45) is 0 Å². The number of unbranched alkanes of at least 4 members (excludes halogenated alkanes) is 1. The number of hydrogen-bond acceptors (Lipinski definition) is 6. The molecule has 0 aliphatic heterocycles. The van der Waals surface area contributed by atoms with Gasteiger partial charge < -0.3 is 10.2 Å². The van der Waals surface area contributed by atoms with Crippen LogP contribution in [0.15, 0.2) is 18.2 Å². The van der Waals surface area contributed by atoms with E-state index in [-0.39, 0.29) is 6.61 Å². The van der Waals surface area contributed by atoms with Crippen molar-refractivity contribution in [3.05, 3.63) is 33.1 Å². The van der Waals surface area contributed by atoms with Gasteiger partial charge in [-0.2, -0.15) is 0 Å². The van der Waals surface area contributed by atoms with Crippen molar-refractivity contribution < 1.29 is 10.2 Å². The highest BCUT2D eigenvalue weighted by Crippen LogP contribution is 2.37. The molecule has 1 aromatic carbocycles. The van der Waals surface area contributed by atoms with Crippen molar-refractivity contribution in [2.75, 3.05) is 19.7 Å². The average Bonchev–Trinajstić information content (AvgIpc) is 2.95. The largest absolute Gasteiger partial charge is 0.508 e. The summed E-state index contributed by atoms with van der Waals surface area (Å²) in [5, 5.41) is 19.4. The number of aliphatic hydroxyl groups is 1. The summed E-state index contributed by atoms with van der Waals surface area (Å²) in [5.74, 6) is 0.309. The van der Waals surface area contributed by atoms with Gasteiger partial charge in [-0.1, -0.05) is 53.2 Å². The normalized spacial score (nSPS) is 11.3. The Bertz CT molecular complexity index is 709. The number of aromatic hydroxyl groups is 1. The molecule has 6 heteroatoms. The molecule has 1 aromatic heterocycles. The number of rotatable bonds is 9. The van der Waals surface area contributed by atoms with Crippen LogP contribution in [0.5, 0.6) is 5.75 Å². The zero-order valence-electron chi connectivity index (χ0n) is 14.2. The quantitative estimate of drug-likeness (QED) is 0.469. The maximum Gasteiger partial charge on any atom is 0.120 e. The van der Waals surface area contributed by atoms with Crippen LogP contribution in [0.1, 0.15) is 37.8 Å². The third-order valence-electron chi connectivity index (χ3n) is 4.10. The van der Waals surface area contributed by atoms with Crippen LogP contribution in [0.2, 0.25) is 0 Å². The number of likely N-dealkylation sites (N-methyl/N-ethyl adjacent to an activating group) is 1. The Labute approximate surface area is 156 Å². The monoisotopic (exact) mass is 383 g/mol. The lowest BCUT2D eigenvalue weighted by molar-refractivity contribution is 0.195. The van der Waals surface area contributed by atoms with Gasteiger partial charge in [0.25, 0.3) is 0 Å². The van der Waals surface area contributed by atoms with Gasteiger partial charge in [0, 0.05) is 18.7 Å². The van der Waals surface area contributed by atoms with Gasteiger partial charge in [-0.25, -0.2) is 0 Å². The first-order chi connectivity index (χ1) is 11.6. The molecule has 2 aromatic rings. The summed E-state index contributed by atoms with van der Waals surface area (Å²) in [4.78, 5) is 3.36. The fraction of sp³-hybridized carbons (Fsp3) is 0.500. The van der Waals surface area contributed by atoms with Gasteiger partial charge >= 0.3 is 0 Å². The fourth-order valence-electron chi connectivity index (χ4n) is 2.65. The van der Waals surface area contributed by atoms with Crippen molar-refractivity contribution >= 4 is 32.9 Å². The lowest BCUT2D eigenvalue weighted by Gasteiger charge is -2.20. The smallest absolute Gasteiger partial charge is 0.120 e. The van der Waals surface area contributed by atoms with Crippen LogP contribution < -0.4 is 0 Å². The molecule has 0 fully saturated rings. The molecule has 24 heavy (non-hydrogen) atoms. The predicted molar refractivity (Wildman–Crippen MR) is 107 cm³/mol. The van der Waals surface area contributed by atoms with E-state index in [1.807, 2.05) is 6.07 Å². The summed E-state index contributed by atoms with van der Waals surface area (Å²) in [6.45, 7) is 6.46. The van der Waals surface area contributed by atoms with Crippen LogP contribution in [0.4, 0.5) is 0 Å². The van der Waals surface area contributed by atoms with Gasteiger partial charge in [-0.15, -0.1) is 0 Å². The Balaban J connectivity index is 2.32. The summed E-state index contributed by atoms with van der Waals surface area (Å²) in [6, 6.07) is 5.82. The van der Waals surface area contributed by atoms with E-state index in [9.17, 15) is 5.11 Å². The molecular formula is C18H25NO2S3. The highest BCUT2D eigenvalue weighted by atomic mass is 32.9. The first kappa shape index (κ1) is 19.5. The Kier molecular flexibility index (Phi) is 7.84. The molecule has 0 amide bonds. The summed E-state index contributed by atoms with van der Waals surface area (Å²) in [7, 11) is 3.39. The van der Waals surface area contributed by atoms with Crippen molar-refractivity contribution in [3.63, 3.8) is 0 Å². The molecule has 3 nitrogen and oxygen atoms in total. The van der Waals surface area contributed by atoms with E-state index in [4.69, 9.17) is 17.3 Å². The van der Waals surface area contributed by atoms with Gasteiger partial charge in [-0.05, 0) is 48.7 Å². The molecule has 0 aliphatic rings. The van der Waals surface area contributed by atoms with Gasteiger partial charge in [0.2, 0.25) is 0 Å². The molecule has 1 heterocycles. The number of aliphatic hydroxyl groups excluding tert-OH is 1. The molecule has 0 saturated carbocycles. The van der Waals surface area contributed by atoms with E-state index < -0.39 is 0 Å². The highest BCUT2D eigenvalue weighted by Gasteiger charge is 2.14. The first-order valence-corrected chi connectivity index (χ1v) is 10.9. The third kappa shape index (κ3) is 4.86. The Hall–Kier alpha value is -0.790. The zero-order valence-corrected chi connectivity index (χ0v) is 16.7. The SMILES string of the molecule is CCCCc1c(-c2ccc(O)c(CN(CC)CCO)c2)ssc1=S. The van der Waals surface area contributed by atoms with Crippen LogP contribution in [0.25, 0.3) is 10.4 Å². The van der Waals surface area contributed by atoms with Crippen molar-refractivity contribution in [3.8, 4) is 16.2 Å². The molecule has 0 spiro atoms. The second-order valence-corrected chi connectivity index (χ2v) is 8.62. The predicted octanol–water partition coefficient (Wildman–Crippen LogP) is 5.07. The van der Waals surface area contributed by atoms with Crippen molar-refractivity contribution in [1.29, 1.82) is 0 Å². The molecule has 0 unspecified atom stereocenters. The number of phenols is 1. The number of hydrogen-bond donors (Lipinski definition) is 2. The fourth-order valence-corrected chi connectivity index (χ4v) is 5.65. The van der Waals surface area contributed by atoms with Crippen LogP contribution in [0.3, 0.4) is 0 Å². The number of phenolic OH excluding ortho intramolecular Hbond substituents is 1. The number of benzene rings is 1. The topological polar surface area (TPSA) is 43.7 Å². The van der Waals surface area contributed by atoms with Crippen LogP contribution in [0, 0.1) is 3.82 Å². The minimum absolute atomic E-state index is 0.126. The highest BCUT2D eigenvalue weighted by molar-refractivity contribution is 7.80. The molecule has 0 aliphatic carbocycles. The summed E-state index contributed by atoms with van der Waals surface area (Å²) in [5.41, 5.74) is 3.31. The van der Waals surface area contributed by atoms with E-state index in [1.165, 1.54) is 10.4 Å². The number of nitrogens with zero attached hydrogens (tertiary/aromatic N) is 1. The van der Waals surface area contributed by atoms with E-state index in [0.717, 1.165) is 40.8 Å². The lowest BCUT2D eigenvalue weighted by atomic mass is 10.0. The van der Waals surface area contributed by atoms with Crippen molar-refractivity contribution in [2.45, 2.75) is 39.7 Å². The maximum absolute atomic E-state index is 10.2. The Morgan fingerprint density at radius 2 is 2.00 bits per heavy atom. The zero-order chi connectivity index (χ0) is 17.5. The van der Waals surface area contributed by atoms with E-state index in [2.05, 4.69) is 24.8 Å². The molecule has 2 rings (SSSR count). The second-order valence-electron chi connectivity index (χ2n) is 5.80. The van der Waals surface area contributed by atoms with Gasteiger partial charge in [-0.3, -0.25) is 4.90 Å². The molecule has 0 radical (unpaired) electrons. The van der Waals surface area contributed by atoms with Gasteiger partial charge in [0.1, 0.15) is 9.57 Å². The lowest BCUT2D eigenvalue weighted by Crippen LogP contribution is -2.26.